The molecule has 0 spiro atoms. The molecule has 2 N–H and O–H groups in total. The summed E-state index contributed by atoms with van der Waals surface area (Å²) in [7, 11) is 3.89. The zero-order chi connectivity index (χ0) is 16.4. The average molecular weight is 310 g/mol. The molecule has 0 saturated carbocycles. The molecule has 0 fully saturated rings. The number of rotatable bonds is 4. The maximum atomic E-state index is 12.5. The van der Waals surface area contributed by atoms with E-state index in [0.717, 1.165) is 6.54 Å². The Morgan fingerprint density at radius 1 is 1.26 bits per heavy atom. The Morgan fingerprint density at radius 2 is 2.09 bits per heavy atom. The SMILES string of the molecule is CN(C)CCNC(=O)c1cccc2c(=O)c3ncccc3[nH]c12. The van der Waals surface area contributed by atoms with E-state index in [1.165, 1.54) is 0 Å². The zero-order valence-corrected chi connectivity index (χ0v) is 13.1. The van der Waals surface area contributed by atoms with Crippen LogP contribution in [0.2, 0.25) is 0 Å². The van der Waals surface area contributed by atoms with Gasteiger partial charge in [0.05, 0.1) is 16.6 Å². The summed E-state index contributed by atoms with van der Waals surface area (Å²) >= 11 is 0. The average Bonchev–Trinajstić information content (AvgIpc) is 2.54. The maximum absolute atomic E-state index is 12.5. The predicted molar refractivity (Wildman–Crippen MR) is 90.8 cm³/mol. The predicted octanol–water partition coefficient (Wildman–Crippen LogP) is 1.37. The number of amides is 1. The number of aromatic nitrogens is 2. The van der Waals surface area contributed by atoms with Gasteiger partial charge in [0.1, 0.15) is 5.52 Å². The largest absolute Gasteiger partial charge is 0.352 e. The van der Waals surface area contributed by atoms with E-state index in [1.807, 2.05) is 19.0 Å². The first-order valence-electron chi connectivity index (χ1n) is 7.40. The number of benzene rings is 1. The first-order valence-corrected chi connectivity index (χ1v) is 7.40. The van der Waals surface area contributed by atoms with Gasteiger partial charge in [0.25, 0.3) is 5.91 Å². The molecule has 0 aliphatic carbocycles. The van der Waals surface area contributed by atoms with E-state index in [-0.39, 0.29) is 11.3 Å². The van der Waals surface area contributed by atoms with E-state index in [4.69, 9.17) is 0 Å². The molecule has 0 unspecified atom stereocenters. The minimum Gasteiger partial charge on any atom is -0.352 e. The molecule has 2 heterocycles. The number of nitrogens with zero attached hydrogens (tertiary/aromatic N) is 2. The van der Waals surface area contributed by atoms with Crippen molar-refractivity contribution in [3.63, 3.8) is 0 Å². The van der Waals surface area contributed by atoms with Crippen LogP contribution in [-0.4, -0.2) is 48.0 Å². The zero-order valence-electron chi connectivity index (χ0n) is 13.1. The van der Waals surface area contributed by atoms with E-state index >= 15 is 0 Å². The molecule has 0 saturated heterocycles. The molecule has 1 aromatic carbocycles. The quantitative estimate of drug-likeness (QED) is 0.713. The Kier molecular flexibility index (Phi) is 4.08. The van der Waals surface area contributed by atoms with Crippen LogP contribution in [0, 0.1) is 0 Å². The number of para-hydroxylation sites is 1. The minimum absolute atomic E-state index is 0.169. The van der Waals surface area contributed by atoms with Gasteiger partial charge in [0.15, 0.2) is 0 Å². The first kappa shape index (κ1) is 15.2. The van der Waals surface area contributed by atoms with Gasteiger partial charge in [-0.25, -0.2) is 0 Å². The fourth-order valence-electron chi connectivity index (χ4n) is 2.50. The Labute approximate surface area is 133 Å². The summed E-state index contributed by atoms with van der Waals surface area (Å²) in [4.78, 5) is 34.2. The fourth-order valence-corrected chi connectivity index (χ4v) is 2.50. The van der Waals surface area contributed by atoms with Crippen LogP contribution in [0.25, 0.3) is 21.9 Å². The number of carbonyl (C=O) groups is 1. The van der Waals surface area contributed by atoms with Crippen molar-refractivity contribution in [1.82, 2.24) is 20.2 Å². The van der Waals surface area contributed by atoms with E-state index in [9.17, 15) is 9.59 Å². The van der Waals surface area contributed by atoms with Crippen LogP contribution in [-0.2, 0) is 0 Å². The molecular formula is C17H18N4O2. The number of hydrogen-bond donors (Lipinski definition) is 2. The van der Waals surface area contributed by atoms with Gasteiger partial charge in [-0.1, -0.05) is 6.07 Å². The van der Waals surface area contributed by atoms with E-state index < -0.39 is 0 Å². The van der Waals surface area contributed by atoms with Gasteiger partial charge in [-0.2, -0.15) is 0 Å². The Bertz CT molecular complexity index is 931. The lowest BCUT2D eigenvalue weighted by atomic mass is 10.1. The summed E-state index contributed by atoms with van der Waals surface area (Å²) in [6.07, 6.45) is 1.58. The van der Waals surface area contributed by atoms with Crippen LogP contribution in [0.4, 0.5) is 0 Å². The van der Waals surface area contributed by atoms with Gasteiger partial charge in [-0.05, 0) is 38.4 Å². The van der Waals surface area contributed by atoms with Crippen LogP contribution in [0.5, 0.6) is 0 Å². The highest BCUT2D eigenvalue weighted by Gasteiger charge is 2.13. The maximum Gasteiger partial charge on any atom is 0.253 e. The Hall–Kier alpha value is -2.73. The summed E-state index contributed by atoms with van der Waals surface area (Å²) < 4.78 is 0. The lowest BCUT2D eigenvalue weighted by Crippen LogP contribution is -2.31. The summed E-state index contributed by atoms with van der Waals surface area (Å²) in [5, 5.41) is 3.34. The molecule has 6 heteroatoms. The molecule has 6 nitrogen and oxygen atoms in total. The third-order valence-corrected chi connectivity index (χ3v) is 3.68. The van der Waals surface area contributed by atoms with Crippen molar-refractivity contribution in [3.05, 3.63) is 52.3 Å². The second kappa shape index (κ2) is 6.18. The molecule has 0 aliphatic rings. The van der Waals surface area contributed by atoms with Gasteiger partial charge in [-0.15, -0.1) is 0 Å². The molecular weight excluding hydrogens is 292 g/mol. The Balaban J connectivity index is 2.08. The van der Waals surface area contributed by atoms with Crippen LogP contribution in [0.3, 0.4) is 0 Å². The summed E-state index contributed by atoms with van der Waals surface area (Å²) in [6.45, 7) is 1.29. The van der Waals surface area contributed by atoms with Gasteiger partial charge in [0.2, 0.25) is 5.43 Å². The normalized spacial score (nSPS) is 11.3. The summed E-state index contributed by atoms with van der Waals surface area (Å²) in [5.41, 5.74) is 1.84. The van der Waals surface area contributed by atoms with Gasteiger partial charge < -0.3 is 15.2 Å². The standard InChI is InChI=1S/C17H18N4O2/c1-21(2)10-9-19-17(23)12-6-3-5-11-14(12)20-13-7-4-8-18-15(13)16(11)22/h3-8H,9-10H2,1-2H3,(H,19,23)(H,20,22). The lowest BCUT2D eigenvalue weighted by molar-refractivity contribution is 0.0952. The molecule has 0 atom stereocenters. The van der Waals surface area contributed by atoms with Crippen molar-refractivity contribution in [2.45, 2.75) is 0 Å². The lowest BCUT2D eigenvalue weighted by Gasteiger charge is -2.11. The molecule has 0 radical (unpaired) electrons. The van der Waals surface area contributed by atoms with E-state index in [1.54, 1.807) is 36.5 Å². The number of likely N-dealkylation sites (N-methyl/N-ethyl adjacent to an activating group) is 1. The van der Waals surface area contributed by atoms with Gasteiger partial charge >= 0.3 is 0 Å². The smallest absolute Gasteiger partial charge is 0.253 e. The third kappa shape index (κ3) is 2.93. The van der Waals surface area contributed by atoms with Gasteiger partial charge in [-0.3, -0.25) is 14.6 Å². The van der Waals surface area contributed by atoms with Crippen molar-refractivity contribution in [3.8, 4) is 0 Å². The van der Waals surface area contributed by atoms with Crippen LogP contribution < -0.4 is 10.7 Å². The van der Waals surface area contributed by atoms with Crippen molar-refractivity contribution in [2.75, 3.05) is 27.2 Å². The molecule has 1 amide bonds. The second-order valence-corrected chi connectivity index (χ2v) is 5.64. The van der Waals surface area contributed by atoms with Crippen molar-refractivity contribution in [2.24, 2.45) is 0 Å². The number of fused-ring (bicyclic) bond motifs is 2. The second-order valence-electron chi connectivity index (χ2n) is 5.64. The number of carbonyl (C=O) groups excluding carboxylic acids is 1. The molecule has 0 bridgehead atoms. The van der Waals surface area contributed by atoms with Crippen molar-refractivity contribution < 1.29 is 4.79 Å². The van der Waals surface area contributed by atoms with Crippen molar-refractivity contribution >= 4 is 27.8 Å². The monoisotopic (exact) mass is 310 g/mol. The highest BCUT2D eigenvalue weighted by atomic mass is 16.1. The third-order valence-electron chi connectivity index (χ3n) is 3.68. The summed E-state index contributed by atoms with van der Waals surface area (Å²) in [6, 6.07) is 8.67. The number of pyridine rings is 2. The summed E-state index contributed by atoms with van der Waals surface area (Å²) in [5.74, 6) is -0.198. The van der Waals surface area contributed by atoms with E-state index in [0.29, 0.717) is 34.0 Å². The molecule has 118 valence electrons. The van der Waals surface area contributed by atoms with Gasteiger partial charge in [0, 0.05) is 24.7 Å². The van der Waals surface area contributed by atoms with Crippen LogP contribution in [0.1, 0.15) is 10.4 Å². The number of nitrogens with one attached hydrogen (secondary N) is 2. The Morgan fingerprint density at radius 3 is 2.87 bits per heavy atom. The van der Waals surface area contributed by atoms with Crippen LogP contribution >= 0.6 is 0 Å². The molecule has 3 aromatic rings. The number of hydrogen-bond acceptors (Lipinski definition) is 4. The first-order chi connectivity index (χ1) is 11.1. The minimum atomic E-state index is -0.198. The molecule has 0 aliphatic heterocycles. The van der Waals surface area contributed by atoms with E-state index in [2.05, 4.69) is 15.3 Å². The molecule has 3 rings (SSSR count). The highest BCUT2D eigenvalue weighted by Crippen LogP contribution is 2.17. The fraction of sp³-hybridized carbons (Fsp3) is 0.235. The molecule has 23 heavy (non-hydrogen) atoms. The molecule has 2 aromatic heterocycles. The van der Waals surface area contributed by atoms with Crippen molar-refractivity contribution in [1.29, 1.82) is 0 Å². The number of aromatic amines is 1. The highest BCUT2D eigenvalue weighted by molar-refractivity contribution is 6.07. The number of H-pyrrole nitrogens is 1. The van der Waals surface area contributed by atoms with Crippen LogP contribution in [0.15, 0.2) is 41.3 Å². The topological polar surface area (TPSA) is 78.1 Å².